The lowest BCUT2D eigenvalue weighted by Gasteiger charge is -2.53. The summed E-state index contributed by atoms with van der Waals surface area (Å²) in [5, 5.41) is 17.5. The second-order valence-electron chi connectivity index (χ2n) is 22.6. The Balaban J connectivity index is 0.942. The fourth-order valence-corrected chi connectivity index (χ4v) is 12.7. The van der Waals surface area contributed by atoms with Gasteiger partial charge in [-0.25, -0.2) is 0 Å². The summed E-state index contributed by atoms with van der Waals surface area (Å²) in [6, 6.07) is 25.6. The van der Waals surface area contributed by atoms with Crippen molar-refractivity contribution in [1.29, 1.82) is 0 Å². The van der Waals surface area contributed by atoms with Gasteiger partial charge in [-0.2, -0.15) is 5.06 Å². The Hall–Kier alpha value is -4.96. The first kappa shape index (κ1) is 48.7. The summed E-state index contributed by atoms with van der Waals surface area (Å²) in [7, 11) is 0. The van der Waals surface area contributed by atoms with Crippen molar-refractivity contribution in [3.63, 3.8) is 0 Å². The lowest BCUT2D eigenvalue weighted by molar-refractivity contribution is -0.213. The number of hydroxylamine groups is 2. The third-order valence-corrected chi connectivity index (χ3v) is 16.3. The molecule has 14 nitrogen and oxygen atoms in total. The zero-order chi connectivity index (χ0) is 49.2. The Morgan fingerprint density at radius 3 is 2.26 bits per heavy atom. The van der Waals surface area contributed by atoms with E-state index in [1.165, 1.54) is 5.57 Å². The summed E-state index contributed by atoms with van der Waals surface area (Å²) in [6.07, 6.45) is 4.55. The third-order valence-electron chi connectivity index (χ3n) is 16.3. The van der Waals surface area contributed by atoms with Crippen molar-refractivity contribution in [2.24, 2.45) is 22.7 Å². The SMILES string of the molecule is CC(C)(C)OC(=O)CCC(CO)NC(=O)CCNC(=O)C12CC3OC(=O)C1N(Cc1ccccc1C=C1CCC4OC4(C)CCC4C1CC4(C)C)OC2C1OC(c2ccccc2)(c2ccccc2)OC31. The molecule has 0 spiro atoms. The van der Waals surface area contributed by atoms with Crippen LogP contribution in [0.3, 0.4) is 0 Å². The van der Waals surface area contributed by atoms with Crippen LogP contribution in [0.15, 0.2) is 90.5 Å². The maximum atomic E-state index is 15.2. The van der Waals surface area contributed by atoms with Gasteiger partial charge >= 0.3 is 11.9 Å². The molecule has 3 aromatic carbocycles. The van der Waals surface area contributed by atoms with Crippen LogP contribution in [0.5, 0.6) is 0 Å². The third kappa shape index (κ3) is 9.02. The zero-order valence-corrected chi connectivity index (χ0v) is 41.3. The van der Waals surface area contributed by atoms with Crippen LogP contribution >= 0.6 is 0 Å². The van der Waals surface area contributed by atoms with Crippen molar-refractivity contribution in [3.05, 3.63) is 113 Å². The minimum Gasteiger partial charge on any atom is -0.460 e. The number of carbonyl (C=O) groups excluding carboxylic acids is 4. The van der Waals surface area contributed by atoms with Gasteiger partial charge in [0.25, 0.3) is 0 Å². The molecule has 2 amide bonds. The first-order chi connectivity index (χ1) is 33.4. The molecule has 70 heavy (non-hydrogen) atoms. The number of esters is 2. The topological polar surface area (TPSA) is 174 Å². The molecule has 3 aliphatic carbocycles. The molecule has 0 radical (unpaired) electrons. The summed E-state index contributed by atoms with van der Waals surface area (Å²) in [6.45, 7) is 12.1. The fourth-order valence-electron chi connectivity index (χ4n) is 12.7. The molecule has 4 aliphatic heterocycles. The molecule has 2 bridgehead atoms. The maximum Gasteiger partial charge on any atom is 0.327 e. The Bertz CT molecular complexity index is 2450. The molecule has 7 fully saturated rings. The molecule has 11 unspecified atom stereocenters. The second-order valence-corrected chi connectivity index (χ2v) is 22.6. The van der Waals surface area contributed by atoms with E-state index in [0.29, 0.717) is 11.8 Å². The van der Waals surface area contributed by atoms with E-state index in [4.69, 9.17) is 28.5 Å². The number of allylic oxidation sites excluding steroid dienone is 1. The second kappa shape index (κ2) is 18.6. The van der Waals surface area contributed by atoms with Crippen molar-refractivity contribution in [2.45, 2.75) is 165 Å². The molecule has 3 saturated carbocycles. The molecule has 11 atom stereocenters. The minimum atomic E-state index is -1.50. The molecule has 3 N–H and O–H groups in total. The number of nitrogens with zero attached hydrogens (tertiary/aromatic N) is 1. The highest BCUT2D eigenvalue weighted by Crippen LogP contribution is 2.61. The number of nitrogens with one attached hydrogen (secondary N) is 2. The molecular formula is C56H69N3O11. The highest BCUT2D eigenvalue weighted by molar-refractivity contribution is 5.94. The average Bonchev–Trinajstić information content (AvgIpc) is 3.60. The molecule has 4 saturated heterocycles. The van der Waals surface area contributed by atoms with E-state index in [9.17, 15) is 19.5 Å². The van der Waals surface area contributed by atoms with Crippen molar-refractivity contribution >= 4 is 29.8 Å². The van der Waals surface area contributed by atoms with E-state index in [0.717, 1.165) is 54.4 Å². The van der Waals surface area contributed by atoms with Gasteiger partial charge in [0.1, 0.15) is 35.4 Å². The predicted octanol–water partition coefficient (Wildman–Crippen LogP) is 7.05. The van der Waals surface area contributed by atoms with Gasteiger partial charge in [0, 0.05) is 36.9 Å². The monoisotopic (exact) mass is 959 g/mol. The maximum absolute atomic E-state index is 15.2. The van der Waals surface area contributed by atoms with Gasteiger partial charge in [-0.3, -0.25) is 24.0 Å². The van der Waals surface area contributed by atoms with Crippen LogP contribution in [0.2, 0.25) is 0 Å². The van der Waals surface area contributed by atoms with Crippen LogP contribution in [0.4, 0.5) is 0 Å². The molecule has 7 aliphatic rings. The molecule has 10 rings (SSSR count). The number of fused-ring (bicyclic) bond motifs is 6. The molecular weight excluding hydrogens is 891 g/mol. The largest absolute Gasteiger partial charge is 0.460 e. The van der Waals surface area contributed by atoms with Crippen molar-refractivity contribution in [1.82, 2.24) is 15.7 Å². The normalized spacial score (nSPS) is 33.4. The molecule has 0 aromatic heterocycles. The van der Waals surface area contributed by atoms with Crippen LogP contribution in [0.25, 0.3) is 6.08 Å². The van der Waals surface area contributed by atoms with Crippen molar-refractivity contribution in [3.8, 4) is 0 Å². The summed E-state index contributed by atoms with van der Waals surface area (Å²) >= 11 is 0. The number of carbonyl (C=O) groups is 4. The highest BCUT2D eigenvalue weighted by atomic mass is 16.8. The van der Waals surface area contributed by atoms with Gasteiger partial charge in [0.05, 0.1) is 30.9 Å². The van der Waals surface area contributed by atoms with Crippen LogP contribution < -0.4 is 10.6 Å². The number of rotatable bonds is 14. The van der Waals surface area contributed by atoms with Crippen LogP contribution in [0.1, 0.15) is 122 Å². The average molecular weight is 960 g/mol. The summed E-state index contributed by atoms with van der Waals surface area (Å²) < 4.78 is 32.3. The molecule has 4 heterocycles. The van der Waals surface area contributed by atoms with Crippen molar-refractivity contribution < 1.29 is 52.8 Å². The number of aliphatic hydroxyl groups excluding tert-OH is 1. The van der Waals surface area contributed by atoms with E-state index >= 15 is 4.79 Å². The van der Waals surface area contributed by atoms with Gasteiger partial charge in [-0.1, -0.05) is 110 Å². The smallest absolute Gasteiger partial charge is 0.327 e. The number of aliphatic hydroxyl groups is 1. The van der Waals surface area contributed by atoms with E-state index < -0.39 is 77.1 Å². The van der Waals surface area contributed by atoms with Gasteiger partial charge in [0.15, 0.2) is 6.04 Å². The van der Waals surface area contributed by atoms with Crippen molar-refractivity contribution in [2.75, 3.05) is 13.2 Å². The number of benzene rings is 3. The lowest BCUT2D eigenvalue weighted by Crippen LogP contribution is -2.69. The van der Waals surface area contributed by atoms with Crippen LogP contribution in [-0.2, 0) is 60.0 Å². The first-order valence-corrected chi connectivity index (χ1v) is 25.4. The standard InChI is InChI=1S/C56H69N3O11/c1-52(2,3)67-45(62)24-22-39(33-60)58-44(61)26-28-57-51(64)55-31-42-46-47(69-56(68-46,37-17-9-7-10-18-37)38-19-11-8-12-20-38)49(55)70-59(48(55)50(63)65-42)32-36-16-14-13-15-34(36)29-35-21-23-43-54(6,66-43)27-25-41-40(35)30-53(41,4)5/h7-20,29,39-43,46-49,60H,21-28,30-33H2,1-6H3,(H,57,64)(H,58,61). The Kier molecular flexibility index (Phi) is 12.9. The fraction of sp³-hybridized carbons (Fsp3) is 0.571. The first-order valence-electron chi connectivity index (χ1n) is 25.4. The molecule has 14 heteroatoms. The summed E-state index contributed by atoms with van der Waals surface area (Å²) in [5.41, 5.74) is 2.93. The van der Waals surface area contributed by atoms with E-state index in [1.54, 1.807) is 25.8 Å². The summed E-state index contributed by atoms with van der Waals surface area (Å²) in [5.74, 6) is -2.28. The van der Waals surface area contributed by atoms with Crippen LogP contribution in [-0.4, -0.2) is 101 Å². The van der Waals surface area contributed by atoms with E-state index in [1.807, 2.05) is 72.8 Å². The highest BCUT2D eigenvalue weighted by Gasteiger charge is 2.76. The van der Waals surface area contributed by atoms with E-state index in [2.05, 4.69) is 49.6 Å². The number of hydrogen-bond acceptors (Lipinski definition) is 12. The molecule has 3 aromatic rings. The molecule has 374 valence electrons. The number of hydrogen-bond donors (Lipinski definition) is 3. The Labute approximate surface area is 411 Å². The summed E-state index contributed by atoms with van der Waals surface area (Å²) in [4.78, 5) is 62.6. The number of amides is 2. The predicted molar refractivity (Wildman–Crippen MR) is 258 cm³/mol. The Morgan fingerprint density at radius 2 is 1.57 bits per heavy atom. The van der Waals surface area contributed by atoms with Gasteiger partial charge in [-0.15, -0.1) is 0 Å². The van der Waals surface area contributed by atoms with Gasteiger partial charge in [-0.05, 0) is 94.6 Å². The lowest BCUT2D eigenvalue weighted by atomic mass is 9.52. The quantitative estimate of drug-likeness (QED) is 0.111. The Morgan fingerprint density at radius 1 is 0.886 bits per heavy atom. The van der Waals surface area contributed by atoms with Crippen LogP contribution in [0, 0.1) is 22.7 Å². The minimum absolute atomic E-state index is 0.0129. The van der Waals surface area contributed by atoms with Gasteiger partial charge < -0.3 is 39.4 Å². The van der Waals surface area contributed by atoms with Gasteiger partial charge in [0.2, 0.25) is 17.6 Å². The zero-order valence-electron chi connectivity index (χ0n) is 41.3. The number of epoxide rings is 1. The number of ether oxygens (including phenoxy) is 5. The van der Waals surface area contributed by atoms with E-state index in [-0.39, 0.29) is 62.5 Å².